The van der Waals surface area contributed by atoms with Gasteiger partial charge in [-0.05, 0) is 51.7 Å². The van der Waals surface area contributed by atoms with Gasteiger partial charge in [0.1, 0.15) is 0 Å². The third-order valence-electron chi connectivity index (χ3n) is 3.61. The SMILES string of the molecule is NC1(CCN2CCCC2)CCOCC1. The molecule has 0 bridgehead atoms. The Morgan fingerprint density at radius 2 is 1.79 bits per heavy atom. The standard InChI is InChI=1S/C11H22N2O/c12-11(4-9-14-10-5-11)3-8-13-6-1-2-7-13/h1-10,12H2. The zero-order valence-electron chi connectivity index (χ0n) is 9.00. The lowest BCUT2D eigenvalue weighted by Crippen LogP contribution is -2.47. The summed E-state index contributed by atoms with van der Waals surface area (Å²) in [4.78, 5) is 2.55. The van der Waals surface area contributed by atoms with Gasteiger partial charge in [-0.2, -0.15) is 0 Å². The molecule has 2 aliphatic heterocycles. The average molecular weight is 198 g/mol. The van der Waals surface area contributed by atoms with Crippen LogP contribution in [0.15, 0.2) is 0 Å². The number of likely N-dealkylation sites (tertiary alicyclic amines) is 1. The van der Waals surface area contributed by atoms with Crippen LogP contribution in [0.25, 0.3) is 0 Å². The van der Waals surface area contributed by atoms with Gasteiger partial charge < -0.3 is 15.4 Å². The first-order valence-electron chi connectivity index (χ1n) is 5.88. The van der Waals surface area contributed by atoms with Gasteiger partial charge in [0.2, 0.25) is 0 Å². The van der Waals surface area contributed by atoms with Crippen molar-refractivity contribution in [3.05, 3.63) is 0 Å². The Kier molecular flexibility index (Phi) is 3.42. The molecule has 0 aromatic heterocycles. The third-order valence-corrected chi connectivity index (χ3v) is 3.61. The second-order valence-electron chi connectivity index (χ2n) is 4.77. The molecule has 3 nitrogen and oxygen atoms in total. The van der Waals surface area contributed by atoms with Gasteiger partial charge >= 0.3 is 0 Å². The van der Waals surface area contributed by atoms with Crippen molar-refractivity contribution in [3.63, 3.8) is 0 Å². The minimum absolute atomic E-state index is 0.0703. The van der Waals surface area contributed by atoms with E-state index in [1.54, 1.807) is 0 Å². The molecule has 0 atom stereocenters. The van der Waals surface area contributed by atoms with E-state index in [1.807, 2.05) is 0 Å². The highest BCUT2D eigenvalue weighted by Crippen LogP contribution is 2.22. The van der Waals surface area contributed by atoms with E-state index >= 15 is 0 Å². The molecule has 2 rings (SSSR count). The predicted molar refractivity (Wildman–Crippen MR) is 57.3 cm³/mol. The lowest BCUT2D eigenvalue weighted by atomic mass is 9.88. The van der Waals surface area contributed by atoms with Crippen molar-refractivity contribution in [2.45, 2.75) is 37.6 Å². The maximum Gasteiger partial charge on any atom is 0.0483 e. The minimum atomic E-state index is 0.0703. The van der Waals surface area contributed by atoms with E-state index in [2.05, 4.69) is 4.90 Å². The van der Waals surface area contributed by atoms with Gasteiger partial charge in [-0.15, -0.1) is 0 Å². The maximum atomic E-state index is 6.33. The van der Waals surface area contributed by atoms with Crippen LogP contribution in [0.4, 0.5) is 0 Å². The van der Waals surface area contributed by atoms with Crippen LogP contribution in [0, 0.1) is 0 Å². The Hall–Kier alpha value is -0.120. The first kappa shape index (κ1) is 10.4. The summed E-state index contributed by atoms with van der Waals surface area (Å²) >= 11 is 0. The highest BCUT2D eigenvalue weighted by Gasteiger charge is 2.28. The van der Waals surface area contributed by atoms with E-state index < -0.39 is 0 Å². The molecule has 0 aromatic carbocycles. The molecule has 0 spiro atoms. The van der Waals surface area contributed by atoms with Gasteiger partial charge in [-0.25, -0.2) is 0 Å². The highest BCUT2D eigenvalue weighted by molar-refractivity contribution is 4.87. The summed E-state index contributed by atoms with van der Waals surface area (Å²) in [6.45, 7) is 5.47. The molecule has 0 aromatic rings. The summed E-state index contributed by atoms with van der Waals surface area (Å²) in [5.74, 6) is 0. The van der Waals surface area contributed by atoms with Gasteiger partial charge in [-0.3, -0.25) is 0 Å². The maximum absolute atomic E-state index is 6.33. The van der Waals surface area contributed by atoms with Gasteiger partial charge in [0, 0.05) is 18.8 Å². The number of nitrogens with zero attached hydrogens (tertiary/aromatic N) is 1. The van der Waals surface area contributed by atoms with Gasteiger partial charge in [0.15, 0.2) is 0 Å². The third kappa shape index (κ3) is 2.69. The molecule has 0 radical (unpaired) electrons. The zero-order valence-corrected chi connectivity index (χ0v) is 9.00. The molecule has 0 aliphatic carbocycles. The van der Waals surface area contributed by atoms with E-state index in [-0.39, 0.29) is 5.54 Å². The molecule has 2 aliphatic rings. The van der Waals surface area contributed by atoms with Gasteiger partial charge in [0.05, 0.1) is 0 Å². The van der Waals surface area contributed by atoms with Crippen LogP contribution in [-0.2, 0) is 4.74 Å². The van der Waals surface area contributed by atoms with Crippen LogP contribution in [0.2, 0.25) is 0 Å². The van der Waals surface area contributed by atoms with Crippen LogP contribution in [0.3, 0.4) is 0 Å². The summed E-state index contributed by atoms with van der Waals surface area (Å²) in [5, 5.41) is 0. The fourth-order valence-corrected chi connectivity index (χ4v) is 2.41. The van der Waals surface area contributed by atoms with Crippen molar-refractivity contribution in [3.8, 4) is 0 Å². The van der Waals surface area contributed by atoms with Crippen molar-refractivity contribution >= 4 is 0 Å². The van der Waals surface area contributed by atoms with E-state index in [0.717, 1.165) is 32.5 Å². The molecule has 2 heterocycles. The Bertz CT molecular complexity index is 172. The molecule has 14 heavy (non-hydrogen) atoms. The fraction of sp³-hybridized carbons (Fsp3) is 1.00. The predicted octanol–water partition coefficient (Wildman–Crippen LogP) is 0.980. The molecule has 2 saturated heterocycles. The second-order valence-corrected chi connectivity index (χ2v) is 4.77. The molecular formula is C11H22N2O. The quantitative estimate of drug-likeness (QED) is 0.734. The van der Waals surface area contributed by atoms with Crippen LogP contribution >= 0.6 is 0 Å². The molecule has 3 heteroatoms. The summed E-state index contributed by atoms with van der Waals surface area (Å²) in [6.07, 6.45) is 5.99. The van der Waals surface area contributed by atoms with Crippen LogP contribution in [-0.4, -0.2) is 43.3 Å². The highest BCUT2D eigenvalue weighted by atomic mass is 16.5. The monoisotopic (exact) mass is 198 g/mol. The largest absolute Gasteiger partial charge is 0.381 e. The van der Waals surface area contributed by atoms with Gasteiger partial charge in [-0.1, -0.05) is 0 Å². The van der Waals surface area contributed by atoms with Crippen molar-refractivity contribution in [1.29, 1.82) is 0 Å². The van der Waals surface area contributed by atoms with E-state index in [4.69, 9.17) is 10.5 Å². The first-order valence-corrected chi connectivity index (χ1v) is 5.88. The molecule has 2 N–H and O–H groups in total. The number of ether oxygens (including phenoxy) is 1. The minimum Gasteiger partial charge on any atom is -0.381 e. The van der Waals surface area contributed by atoms with E-state index in [0.29, 0.717) is 0 Å². The Balaban J connectivity index is 1.72. The molecular weight excluding hydrogens is 176 g/mol. The van der Waals surface area contributed by atoms with Crippen molar-refractivity contribution in [1.82, 2.24) is 4.90 Å². The van der Waals surface area contributed by atoms with Crippen molar-refractivity contribution in [2.75, 3.05) is 32.8 Å². The van der Waals surface area contributed by atoms with Crippen LogP contribution < -0.4 is 5.73 Å². The summed E-state index contributed by atoms with van der Waals surface area (Å²) in [5.41, 5.74) is 6.40. The number of nitrogens with two attached hydrogens (primary N) is 1. The second kappa shape index (κ2) is 4.60. The normalized spacial score (nSPS) is 28.1. The summed E-state index contributed by atoms with van der Waals surface area (Å²) in [6, 6.07) is 0. The van der Waals surface area contributed by atoms with E-state index in [1.165, 1.54) is 32.5 Å². The van der Waals surface area contributed by atoms with Crippen LogP contribution in [0.1, 0.15) is 32.1 Å². The summed E-state index contributed by atoms with van der Waals surface area (Å²) < 4.78 is 5.34. The summed E-state index contributed by atoms with van der Waals surface area (Å²) in [7, 11) is 0. The topological polar surface area (TPSA) is 38.5 Å². The Labute approximate surface area is 86.6 Å². The number of rotatable bonds is 3. The van der Waals surface area contributed by atoms with Crippen LogP contribution in [0.5, 0.6) is 0 Å². The average Bonchev–Trinajstić information content (AvgIpc) is 2.69. The number of hydrogen-bond acceptors (Lipinski definition) is 3. The Morgan fingerprint density at radius 1 is 1.14 bits per heavy atom. The smallest absolute Gasteiger partial charge is 0.0483 e. The Morgan fingerprint density at radius 3 is 2.43 bits per heavy atom. The molecule has 0 unspecified atom stereocenters. The lowest BCUT2D eigenvalue weighted by molar-refractivity contribution is 0.0470. The molecule has 82 valence electrons. The van der Waals surface area contributed by atoms with Crippen molar-refractivity contribution in [2.24, 2.45) is 5.73 Å². The molecule has 2 fully saturated rings. The fourth-order valence-electron chi connectivity index (χ4n) is 2.41. The molecule has 0 amide bonds. The first-order chi connectivity index (χ1) is 6.79. The van der Waals surface area contributed by atoms with Crippen molar-refractivity contribution < 1.29 is 4.74 Å². The number of hydrogen-bond donors (Lipinski definition) is 1. The lowest BCUT2D eigenvalue weighted by Gasteiger charge is -2.34. The molecule has 0 saturated carbocycles. The van der Waals surface area contributed by atoms with Gasteiger partial charge in [0.25, 0.3) is 0 Å². The zero-order chi connectivity index (χ0) is 9.86. The van der Waals surface area contributed by atoms with E-state index in [9.17, 15) is 0 Å².